The van der Waals surface area contributed by atoms with E-state index in [1.165, 1.54) is 12.0 Å². The summed E-state index contributed by atoms with van der Waals surface area (Å²) in [5.74, 6) is 1.71. The van der Waals surface area contributed by atoms with Crippen LogP contribution in [0.5, 0.6) is 0 Å². The molecule has 10 heavy (non-hydrogen) atoms. The second-order valence-electron chi connectivity index (χ2n) is 3.27. The van der Waals surface area contributed by atoms with Gasteiger partial charge in [-0.2, -0.15) is 5.10 Å². The average molecular weight is 136 g/mol. The first-order valence-corrected chi connectivity index (χ1v) is 3.76. The third-order valence-electron chi connectivity index (χ3n) is 2.26. The number of nitrogens with zero attached hydrogens (tertiary/aromatic N) is 2. The molecule has 0 N–H and O–H groups in total. The second kappa shape index (κ2) is 1.84. The minimum Gasteiger partial charge on any atom is -0.276 e. The summed E-state index contributed by atoms with van der Waals surface area (Å²) < 4.78 is 1.88. The van der Waals surface area contributed by atoms with Crippen LogP contribution in [0.4, 0.5) is 0 Å². The lowest BCUT2D eigenvalue weighted by molar-refractivity contribution is 0.766. The molecule has 0 spiro atoms. The van der Waals surface area contributed by atoms with E-state index in [2.05, 4.69) is 18.2 Å². The lowest BCUT2D eigenvalue weighted by Crippen LogP contribution is -1.84. The van der Waals surface area contributed by atoms with E-state index in [1.807, 2.05) is 17.9 Å². The van der Waals surface area contributed by atoms with E-state index in [4.69, 9.17) is 0 Å². The van der Waals surface area contributed by atoms with E-state index >= 15 is 0 Å². The standard InChI is InChI=1S/C8H12N2/c1-6-3-8(6)7-4-9-10(2)5-7/h4-6,8H,3H2,1-2H3/t6-,8+/m0/s1. The molecule has 0 unspecified atom stereocenters. The Bertz CT molecular complexity index is 239. The molecular weight excluding hydrogens is 124 g/mol. The van der Waals surface area contributed by atoms with Crippen molar-refractivity contribution in [2.45, 2.75) is 19.3 Å². The molecule has 2 rings (SSSR count). The summed E-state index contributed by atoms with van der Waals surface area (Å²) in [5, 5.41) is 4.13. The van der Waals surface area contributed by atoms with Crippen LogP contribution in [0.2, 0.25) is 0 Å². The molecule has 0 radical (unpaired) electrons. The van der Waals surface area contributed by atoms with Gasteiger partial charge in [0.15, 0.2) is 0 Å². The van der Waals surface area contributed by atoms with E-state index in [0.29, 0.717) is 0 Å². The van der Waals surface area contributed by atoms with Gasteiger partial charge >= 0.3 is 0 Å². The Morgan fingerprint density at radius 1 is 1.70 bits per heavy atom. The van der Waals surface area contributed by atoms with Crippen LogP contribution in [-0.4, -0.2) is 9.78 Å². The number of rotatable bonds is 1. The SMILES string of the molecule is C[C@H]1C[C@H]1c1cnn(C)c1. The Balaban J connectivity index is 2.20. The third kappa shape index (κ3) is 0.838. The molecule has 0 amide bonds. The highest BCUT2D eigenvalue weighted by Gasteiger charge is 2.34. The van der Waals surface area contributed by atoms with Gasteiger partial charge < -0.3 is 0 Å². The van der Waals surface area contributed by atoms with Crippen LogP contribution in [0.25, 0.3) is 0 Å². The van der Waals surface area contributed by atoms with Gasteiger partial charge in [-0.25, -0.2) is 0 Å². The molecule has 2 atom stereocenters. The van der Waals surface area contributed by atoms with Crippen molar-refractivity contribution in [2.75, 3.05) is 0 Å². The Morgan fingerprint density at radius 3 is 2.80 bits per heavy atom. The van der Waals surface area contributed by atoms with Gasteiger partial charge in [-0.05, 0) is 23.8 Å². The van der Waals surface area contributed by atoms with Gasteiger partial charge in [0, 0.05) is 13.2 Å². The fraction of sp³-hybridized carbons (Fsp3) is 0.625. The van der Waals surface area contributed by atoms with Crippen LogP contribution in [0.1, 0.15) is 24.8 Å². The van der Waals surface area contributed by atoms with Crippen LogP contribution in [-0.2, 0) is 7.05 Å². The zero-order valence-corrected chi connectivity index (χ0v) is 6.41. The van der Waals surface area contributed by atoms with Crippen molar-refractivity contribution in [3.8, 4) is 0 Å². The van der Waals surface area contributed by atoms with Crippen molar-refractivity contribution in [2.24, 2.45) is 13.0 Å². The van der Waals surface area contributed by atoms with Crippen molar-refractivity contribution in [3.63, 3.8) is 0 Å². The maximum Gasteiger partial charge on any atom is 0.0524 e. The molecule has 0 aromatic carbocycles. The Hall–Kier alpha value is -0.790. The molecule has 1 saturated carbocycles. The van der Waals surface area contributed by atoms with Crippen LogP contribution >= 0.6 is 0 Å². The van der Waals surface area contributed by atoms with Crippen LogP contribution in [0.3, 0.4) is 0 Å². The molecule has 1 heterocycles. The van der Waals surface area contributed by atoms with Crippen molar-refractivity contribution in [1.82, 2.24) is 9.78 Å². The second-order valence-corrected chi connectivity index (χ2v) is 3.27. The summed E-state index contributed by atoms with van der Waals surface area (Å²) in [6.07, 6.45) is 5.45. The molecule has 2 nitrogen and oxygen atoms in total. The van der Waals surface area contributed by atoms with Gasteiger partial charge in [0.05, 0.1) is 6.20 Å². The summed E-state index contributed by atoms with van der Waals surface area (Å²) in [7, 11) is 1.97. The number of aromatic nitrogens is 2. The first-order chi connectivity index (χ1) is 4.77. The van der Waals surface area contributed by atoms with Gasteiger partial charge in [0.2, 0.25) is 0 Å². The summed E-state index contributed by atoms with van der Waals surface area (Å²) >= 11 is 0. The van der Waals surface area contributed by atoms with E-state index in [9.17, 15) is 0 Å². The van der Waals surface area contributed by atoms with Crippen LogP contribution < -0.4 is 0 Å². The Kier molecular flexibility index (Phi) is 1.10. The van der Waals surface area contributed by atoms with Crippen LogP contribution in [0.15, 0.2) is 12.4 Å². The van der Waals surface area contributed by atoms with E-state index < -0.39 is 0 Å². The van der Waals surface area contributed by atoms with Gasteiger partial charge in [-0.15, -0.1) is 0 Å². The molecule has 0 aliphatic heterocycles. The van der Waals surface area contributed by atoms with E-state index in [-0.39, 0.29) is 0 Å². The molecule has 0 saturated heterocycles. The lowest BCUT2D eigenvalue weighted by atomic mass is 10.2. The topological polar surface area (TPSA) is 17.8 Å². The largest absolute Gasteiger partial charge is 0.276 e. The maximum atomic E-state index is 4.13. The zero-order valence-electron chi connectivity index (χ0n) is 6.41. The highest BCUT2D eigenvalue weighted by atomic mass is 15.2. The molecule has 1 aliphatic rings. The average Bonchev–Trinajstić information content (AvgIpc) is 2.42. The van der Waals surface area contributed by atoms with Crippen molar-refractivity contribution >= 4 is 0 Å². The number of aryl methyl sites for hydroxylation is 1. The molecule has 0 bridgehead atoms. The third-order valence-corrected chi connectivity index (χ3v) is 2.26. The lowest BCUT2D eigenvalue weighted by Gasteiger charge is -1.86. The summed E-state index contributed by atoms with van der Waals surface area (Å²) in [6.45, 7) is 2.29. The van der Waals surface area contributed by atoms with Crippen molar-refractivity contribution in [1.29, 1.82) is 0 Å². The first kappa shape index (κ1) is 5.96. The van der Waals surface area contributed by atoms with E-state index in [0.717, 1.165) is 11.8 Å². The van der Waals surface area contributed by atoms with Crippen LogP contribution in [0, 0.1) is 5.92 Å². The molecular formula is C8H12N2. The quantitative estimate of drug-likeness (QED) is 0.572. The molecule has 54 valence electrons. The smallest absolute Gasteiger partial charge is 0.0524 e. The van der Waals surface area contributed by atoms with Crippen molar-refractivity contribution < 1.29 is 0 Å². The Morgan fingerprint density at radius 2 is 2.40 bits per heavy atom. The van der Waals surface area contributed by atoms with Gasteiger partial charge in [-0.3, -0.25) is 4.68 Å². The molecule has 2 heteroatoms. The summed E-state index contributed by atoms with van der Waals surface area (Å²) in [4.78, 5) is 0. The van der Waals surface area contributed by atoms with Gasteiger partial charge in [-0.1, -0.05) is 6.92 Å². The molecule has 1 aromatic heterocycles. The zero-order chi connectivity index (χ0) is 7.14. The Labute approximate surface area is 60.9 Å². The highest BCUT2D eigenvalue weighted by Crippen LogP contribution is 2.46. The highest BCUT2D eigenvalue weighted by molar-refractivity contribution is 5.19. The molecule has 1 aromatic rings. The number of hydrogen-bond acceptors (Lipinski definition) is 1. The predicted molar refractivity (Wildman–Crippen MR) is 39.7 cm³/mol. The maximum absolute atomic E-state index is 4.13. The molecule has 1 aliphatic carbocycles. The fourth-order valence-corrected chi connectivity index (χ4v) is 1.42. The first-order valence-electron chi connectivity index (χ1n) is 3.76. The van der Waals surface area contributed by atoms with Gasteiger partial charge in [0.1, 0.15) is 0 Å². The summed E-state index contributed by atoms with van der Waals surface area (Å²) in [5.41, 5.74) is 1.41. The predicted octanol–water partition coefficient (Wildman–Crippen LogP) is 1.54. The fourth-order valence-electron chi connectivity index (χ4n) is 1.42. The molecule has 1 fully saturated rings. The minimum atomic E-state index is 0.814. The van der Waals surface area contributed by atoms with Gasteiger partial charge in [0.25, 0.3) is 0 Å². The monoisotopic (exact) mass is 136 g/mol. The summed E-state index contributed by atoms with van der Waals surface area (Å²) in [6, 6.07) is 0. The van der Waals surface area contributed by atoms with Crippen molar-refractivity contribution in [3.05, 3.63) is 18.0 Å². The minimum absolute atomic E-state index is 0.814. The number of hydrogen-bond donors (Lipinski definition) is 0. The normalized spacial score (nSPS) is 30.6. The van der Waals surface area contributed by atoms with E-state index in [1.54, 1.807) is 0 Å².